The van der Waals surface area contributed by atoms with E-state index in [4.69, 9.17) is 11.6 Å². The van der Waals surface area contributed by atoms with Crippen molar-refractivity contribution < 1.29 is 0 Å². The number of halogens is 1. The minimum Gasteiger partial charge on any atom is -0.371 e. The van der Waals surface area contributed by atoms with Crippen molar-refractivity contribution in [3.63, 3.8) is 0 Å². The van der Waals surface area contributed by atoms with E-state index in [0.717, 1.165) is 18.8 Å². The Morgan fingerprint density at radius 3 is 3.00 bits per heavy atom. The standard InChI is InChI=1S/C8H13ClN2/c1-7-3-6-11-8(7)10-5-2-4-9/h3,6,10-11H,2,4-5H2,1H3. The first-order valence-electron chi connectivity index (χ1n) is 3.78. The molecule has 0 unspecified atom stereocenters. The van der Waals surface area contributed by atoms with Gasteiger partial charge >= 0.3 is 0 Å². The van der Waals surface area contributed by atoms with E-state index in [2.05, 4.69) is 17.2 Å². The van der Waals surface area contributed by atoms with Crippen LogP contribution in [0.25, 0.3) is 0 Å². The van der Waals surface area contributed by atoms with Crippen LogP contribution in [-0.4, -0.2) is 17.4 Å². The first-order chi connectivity index (χ1) is 5.34. The van der Waals surface area contributed by atoms with Crippen LogP contribution in [0.15, 0.2) is 12.3 Å². The number of nitrogens with one attached hydrogen (secondary N) is 2. The molecule has 1 aromatic heterocycles. The molecule has 0 aliphatic rings. The summed E-state index contributed by atoms with van der Waals surface area (Å²) in [5.41, 5.74) is 1.25. The number of aryl methyl sites for hydroxylation is 1. The lowest BCUT2D eigenvalue weighted by molar-refractivity contribution is 0.977. The lowest BCUT2D eigenvalue weighted by Gasteiger charge is -2.02. The van der Waals surface area contributed by atoms with E-state index in [1.165, 1.54) is 5.56 Å². The molecule has 0 saturated heterocycles. The number of H-pyrrole nitrogens is 1. The SMILES string of the molecule is Cc1cc[nH]c1NCCCCl. The summed E-state index contributed by atoms with van der Waals surface area (Å²) < 4.78 is 0. The normalized spacial score (nSPS) is 10.0. The molecular weight excluding hydrogens is 160 g/mol. The monoisotopic (exact) mass is 172 g/mol. The highest BCUT2D eigenvalue weighted by atomic mass is 35.5. The predicted molar refractivity (Wildman–Crippen MR) is 49.4 cm³/mol. The van der Waals surface area contributed by atoms with Gasteiger partial charge in [-0.15, -0.1) is 11.6 Å². The maximum absolute atomic E-state index is 5.53. The average molecular weight is 173 g/mol. The molecule has 0 radical (unpaired) electrons. The number of hydrogen-bond donors (Lipinski definition) is 2. The quantitative estimate of drug-likeness (QED) is 0.530. The number of rotatable bonds is 4. The second-order valence-electron chi connectivity index (χ2n) is 2.50. The van der Waals surface area contributed by atoms with Crippen molar-refractivity contribution >= 4 is 17.4 Å². The molecular formula is C8H13ClN2. The highest BCUT2D eigenvalue weighted by Gasteiger charge is 1.95. The van der Waals surface area contributed by atoms with Crippen LogP contribution in [0.1, 0.15) is 12.0 Å². The van der Waals surface area contributed by atoms with E-state index in [0.29, 0.717) is 5.88 Å². The Bertz CT molecular complexity index is 208. The van der Waals surface area contributed by atoms with Crippen LogP contribution in [0.3, 0.4) is 0 Å². The number of anilines is 1. The van der Waals surface area contributed by atoms with E-state index < -0.39 is 0 Å². The van der Waals surface area contributed by atoms with Gasteiger partial charge in [0, 0.05) is 18.6 Å². The molecule has 0 aliphatic carbocycles. The summed E-state index contributed by atoms with van der Waals surface area (Å²) in [4.78, 5) is 3.11. The third-order valence-electron chi connectivity index (χ3n) is 1.57. The molecule has 0 aromatic carbocycles. The zero-order valence-corrected chi connectivity index (χ0v) is 7.41. The molecule has 2 nitrogen and oxygen atoms in total. The number of hydrogen-bond acceptors (Lipinski definition) is 1. The fourth-order valence-corrected chi connectivity index (χ4v) is 1.05. The highest BCUT2D eigenvalue weighted by Crippen LogP contribution is 2.09. The van der Waals surface area contributed by atoms with E-state index in [1.807, 2.05) is 12.3 Å². The Morgan fingerprint density at radius 2 is 2.45 bits per heavy atom. The van der Waals surface area contributed by atoms with E-state index >= 15 is 0 Å². The van der Waals surface area contributed by atoms with Gasteiger partial charge in [0.15, 0.2) is 0 Å². The van der Waals surface area contributed by atoms with Gasteiger partial charge in [-0.25, -0.2) is 0 Å². The maximum atomic E-state index is 5.53. The molecule has 1 rings (SSSR count). The summed E-state index contributed by atoms with van der Waals surface area (Å²) in [6.45, 7) is 3.00. The van der Waals surface area contributed by atoms with Gasteiger partial charge in [0.25, 0.3) is 0 Å². The van der Waals surface area contributed by atoms with Crippen LogP contribution in [-0.2, 0) is 0 Å². The summed E-state index contributed by atoms with van der Waals surface area (Å²) in [7, 11) is 0. The van der Waals surface area contributed by atoms with Crippen molar-refractivity contribution in [3.05, 3.63) is 17.8 Å². The minimum absolute atomic E-state index is 0.715. The molecule has 0 saturated carbocycles. The number of alkyl halides is 1. The van der Waals surface area contributed by atoms with Crippen LogP contribution in [0.5, 0.6) is 0 Å². The van der Waals surface area contributed by atoms with Gasteiger partial charge in [0.2, 0.25) is 0 Å². The third-order valence-corrected chi connectivity index (χ3v) is 1.83. The highest BCUT2D eigenvalue weighted by molar-refractivity contribution is 6.17. The number of aromatic nitrogens is 1. The summed E-state index contributed by atoms with van der Waals surface area (Å²) in [5, 5.41) is 3.25. The molecule has 62 valence electrons. The lowest BCUT2D eigenvalue weighted by atomic mass is 10.3. The van der Waals surface area contributed by atoms with Gasteiger partial charge in [0.1, 0.15) is 5.82 Å². The van der Waals surface area contributed by atoms with Crippen LogP contribution in [0.2, 0.25) is 0 Å². The van der Waals surface area contributed by atoms with Crippen molar-refractivity contribution in [2.24, 2.45) is 0 Å². The van der Waals surface area contributed by atoms with Gasteiger partial charge in [-0.1, -0.05) is 0 Å². The third kappa shape index (κ3) is 2.46. The Hall–Kier alpha value is -0.630. The molecule has 0 amide bonds. The van der Waals surface area contributed by atoms with Gasteiger partial charge in [0.05, 0.1) is 0 Å². The predicted octanol–water partition coefficient (Wildman–Crippen LogP) is 2.36. The van der Waals surface area contributed by atoms with Crippen LogP contribution in [0, 0.1) is 6.92 Å². The molecule has 3 heteroatoms. The number of aromatic amines is 1. The topological polar surface area (TPSA) is 27.8 Å². The fourth-order valence-electron chi connectivity index (χ4n) is 0.918. The van der Waals surface area contributed by atoms with Gasteiger partial charge in [-0.05, 0) is 25.0 Å². The molecule has 0 spiro atoms. The van der Waals surface area contributed by atoms with E-state index in [1.54, 1.807) is 0 Å². The van der Waals surface area contributed by atoms with Gasteiger partial charge in [-0.3, -0.25) is 0 Å². The second kappa shape index (κ2) is 4.29. The largest absolute Gasteiger partial charge is 0.371 e. The van der Waals surface area contributed by atoms with Crippen molar-refractivity contribution in [2.75, 3.05) is 17.7 Å². The van der Waals surface area contributed by atoms with Crippen LogP contribution < -0.4 is 5.32 Å². The van der Waals surface area contributed by atoms with Crippen molar-refractivity contribution in [1.29, 1.82) is 0 Å². The summed E-state index contributed by atoms with van der Waals surface area (Å²) in [6, 6.07) is 2.04. The van der Waals surface area contributed by atoms with Crippen molar-refractivity contribution in [1.82, 2.24) is 4.98 Å². The lowest BCUT2D eigenvalue weighted by Crippen LogP contribution is -2.02. The molecule has 0 atom stereocenters. The van der Waals surface area contributed by atoms with Crippen LogP contribution in [0.4, 0.5) is 5.82 Å². The van der Waals surface area contributed by atoms with Crippen LogP contribution >= 0.6 is 11.6 Å². The van der Waals surface area contributed by atoms with Gasteiger partial charge in [-0.2, -0.15) is 0 Å². The smallest absolute Gasteiger partial charge is 0.106 e. The van der Waals surface area contributed by atoms with Gasteiger partial charge < -0.3 is 10.3 Å². The molecule has 11 heavy (non-hydrogen) atoms. The maximum Gasteiger partial charge on any atom is 0.106 e. The first kappa shape index (κ1) is 8.47. The molecule has 1 aromatic rings. The Balaban J connectivity index is 2.32. The summed E-state index contributed by atoms with van der Waals surface area (Å²) in [5.74, 6) is 1.82. The molecule has 0 fully saturated rings. The van der Waals surface area contributed by atoms with Crippen molar-refractivity contribution in [2.45, 2.75) is 13.3 Å². The Morgan fingerprint density at radius 1 is 1.64 bits per heavy atom. The van der Waals surface area contributed by atoms with E-state index in [9.17, 15) is 0 Å². The zero-order chi connectivity index (χ0) is 8.10. The minimum atomic E-state index is 0.715. The van der Waals surface area contributed by atoms with E-state index in [-0.39, 0.29) is 0 Å². The first-order valence-corrected chi connectivity index (χ1v) is 4.32. The fraction of sp³-hybridized carbons (Fsp3) is 0.500. The zero-order valence-electron chi connectivity index (χ0n) is 6.65. The molecule has 1 heterocycles. The summed E-state index contributed by atoms with van der Waals surface area (Å²) in [6.07, 6.45) is 2.93. The molecule has 0 bridgehead atoms. The van der Waals surface area contributed by atoms with Crippen molar-refractivity contribution in [3.8, 4) is 0 Å². The average Bonchev–Trinajstić information content (AvgIpc) is 2.37. The molecule has 0 aliphatic heterocycles. The molecule has 2 N–H and O–H groups in total. The second-order valence-corrected chi connectivity index (χ2v) is 2.88. The Kier molecular flexibility index (Phi) is 3.30. The summed E-state index contributed by atoms with van der Waals surface area (Å²) >= 11 is 5.53. The Labute approximate surface area is 72.0 Å².